The van der Waals surface area contributed by atoms with Crippen molar-refractivity contribution in [1.82, 2.24) is 0 Å². The average Bonchev–Trinajstić information content (AvgIpc) is 2.56. The van der Waals surface area contributed by atoms with Crippen LogP contribution >= 0.6 is 0 Å². The normalized spacial score (nSPS) is 37.3. The number of aliphatic hydroxyl groups excluding tert-OH is 1. The maximum Gasteiger partial charge on any atom is 0.166 e. The summed E-state index contributed by atoms with van der Waals surface area (Å²) in [6, 6.07) is 0. The van der Waals surface area contributed by atoms with Gasteiger partial charge in [0.1, 0.15) is 0 Å². The molecule has 0 spiro atoms. The van der Waals surface area contributed by atoms with Gasteiger partial charge in [-0.3, -0.25) is 0 Å². The number of hydrogen-bond donors (Lipinski definition) is 1. The van der Waals surface area contributed by atoms with Crippen LogP contribution in [0.25, 0.3) is 0 Å². The van der Waals surface area contributed by atoms with E-state index in [-0.39, 0.29) is 11.9 Å². The predicted molar refractivity (Wildman–Crippen MR) is 62.0 cm³/mol. The fourth-order valence-electron chi connectivity index (χ4n) is 3.17. The van der Waals surface area contributed by atoms with Crippen LogP contribution in [-0.4, -0.2) is 30.2 Å². The summed E-state index contributed by atoms with van der Waals surface area (Å²) in [5, 5.41) is 9.48. The third-order valence-electron chi connectivity index (χ3n) is 4.37. The van der Waals surface area contributed by atoms with E-state index >= 15 is 0 Å². The van der Waals surface area contributed by atoms with Gasteiger partial charge >= 0.3 is 0 Å². The summed E-state index contributed by atoms with van der Waals surface area (Å²) in [4.78, 5) is 0. The van der Waals surface area contributed by atoms with E-state index in [1.165, 1.54) is 0 Å². The van der Waals surface area contributed by atoms with Crippen LogP contribution in [0.3, 0.4) is 0 Å². The Morgan fingerprint density at radius 2 is 1.75 bits per heavy atom. The molecular weight excluding hydrogens is 204 g/mol. The van der Waals surface area contributed by atoms with Gasteiger partial charge in [-0.25, -0.2) is 0 Å². The van der Waals surface area contributed by atoms with Crippen molar-refractivity contribution >= 4 is 0 Å². The minimum atomic E-state index is -0.380. The molecule has 2 fully saturated rings. The number of ether oxygens (including phenoxy) is 2. The van der Waals surface area contributed by atoms with E-state index in [4.69, 9.17) is 9.47 Å². The molecule has 1 aliphatic heterocycles. The van der Waals surface area contributed by atoms with Gasteiger partial charge < -0.3 is 14.6 Å². The summed E-state index contributed by atoms with van der Waals surface area (Å²) in [7, 11) is 0. The first-order valence-corrected chi connectivity index (χ1v) is 6.31. The molecule has 3 nitrogen and oxygen atoms in total. The molecule has 0 radical (unpaired) electrons. The molecule has 1 saturated heterocycles. The maximum absolute atomic E-state index is 9.48. The van der Waals surface area contributed by atoms with Crippen molar-refractivity contribution in [3.63, 3.8) is 0 Å². The zero-order chi connectivity index (χ0) is 12.0. The molecule has 0 amide bonds. The van der Waals surface area contributed by atoms with Crippen molar-refractivity contribution in [1.29, 1.82) is 0 Å². The molecule has 2 aliphatic rings. The smallest absolute Gasteiger partial charge is 0.166 e. The topological polar surface area (TPSA) is 38.7 Å². The van der Waals surface area contributed by atoms with Gasteiger partial charge in [0.2, 0.25) is 0 Å². The monoisotopic (exact) mass is 228 g/mol. The van der Waals surface area contributed by atoms with Crippen molar-refractivity contribution in [2.45, 2.75) is 52.4 Å². The first kappa shape index (κ1) is 12.3. The Bertz CT molecular complexity index is 254. The van der Waals surface area contributed by atoms with Gasteiger partial charge in [0, 0.05) is 6.42 Å². The summed E-state index contributed by atoms with van der Waals surface area (Å²) in [6.45, 7) is 9.89. The number of rotatable bonds is 4. The van der Waals surface area contributed by atoms with Gasteiger partial charge in [-0.05, 0) is 37.5 Å². The number of hydrogen-bond acceptors (Lipinski definition) is 3. The van der Waals surface area contributed by atoms with Gasteiger partial charge in [0.05, 0.1) is 19.3 Å². The Labute approximate surface area is 98.1 Å². The van der Waals surface area contributed by atoms with E-state index < -0.39 is 0 Å². The molecular formula is C13H24O3. The van der Waals surface area contributed by atoms with E-state index in [1.807, 2.05) is 13.8 Å². The van der Waals surface area contributed by atoms with Gasteiger partial charge in [0.25, 0.3) is 0 Å². The van der Waals surface area contributed by atoms with Gasteiger partial charge in [-0.15, -0.1) is 0 Å². The van der Waals surface area contributed by atoms with Crippen molar-refractivity contribution in [3.05, 3.63) is 0 Å². The molecule has 3 atom stereocenters. The molecule has 16 heavy (non-hydrogen) atoms. The lowest BCUT2D eigenvalue weighted by molar-refractivity contribution is -0.151. The molecule has 1 aliphatic carbocycles. The standard InChI is InChI=1S/C13H24O3/c1-9(14)7-10-11(12(10,2)3)8-13(4)15-5-6-16-13/h9-11,14H,5-8H2,1-4H3/t9-,10-,11+/m0/s1. The lowest BCUT2D eigenvalue weighted by atomic mass is 10.0. The maximum atomic E-state index is 9.48. The molecule has 0 aromatic heterocycles. The van der Waals surface area contributed by atoms with Crippen molar-refractivity contribution in [3.8, 4) is 0 Å². The second kappa shape index (κ2) is 3.97. The molecule has 2 rings (SSSR count). The van der Waals surface area contributed by atoms with E-state index in [0.29, 0.717) is 30.5 Å². The lowest BCUT2D eigenvalue weighted by Crippen LogP contribution is -2.27. The highest BCUT2D eigenvalue weighted by atomic mass is 16.7. The molecule has 94 valence electrons. The number of aliphatic hydroxyl groups is 1. The predicted octanol–water partition coefficient (Wildman–Crippen LogP) is 2.18. The Morgan fingerprint density at radius 3 is 2.25 bits per heavy atom. The van der Waals surface area contributed by atoms with Crippen molar-refractivity contribution in [2.24, 2.45) is 17.3 Å². The van der Waals surface area contributed by atoms with E-state index in [0.717, 1.165) is 12.8 Å². The summed E-state index contributed by atoms with van der Waals surface area (Å²) in [6.07, 6.45) is 1.65. The third kappa shape index (κ3) is 2.27. The van der Waals surface area contributed by atoms with E-state index in [2.05, 4.69) is 13.8 Å². The van der Waals surface area contributed by atoms with Crippen molar-refractivity contribution < 1.29 is 14.6 Å². The fourth-order valence-corrected chi connectivity index (χ4v) is 3.17. The van der Waals surface area contributed by atoms with Crippen molar-refractivity contribution in [2.75, 3.05) is 13.2 Å². The van der Waals surface area contributed by atoms with Crippen LogP contribution in [0.15, 0.2) is 0 Å². The van der Waals surface area contributed by atoms with Crippen LogP contribution in [0.1, 0.15) is 40.5 Å². The zero-order valence-corrected chi connectivity index (χ0v) is 10.8. The summed E-state index contributed by atoms with van der Waals surface area (Å²) < 4.78 is 11.3. The quantitative estimate of drug-likeness (QED) is 0.801. The first-order chi connectivity index (χ1) is 7.35. The highest BCUT2D eigenvalue weighted by Crippen LogP contribution is 2.63. The molecule has 0 aromatic rings. The fraction of sp³-hybridized carbons (Fsp3) is 1.00. The summed E-state index contributed by atoms with van der Waals surface area (Å²) in [5.41, 5.74) is 0.329. The Morgan fingerprint density at radius 1 is 1.19 bits per heavy atom. The minimum Gasteiger partial charge on any atom is -0.393 e. The van der Waals surface area contributed by atoms with Crippen LogP contribution < -0.4 is 0 Å². The minimum absolute atomic E-state index is 0.201. The molecule has 3 heteroatoms. The largest absolute Gasteiger partial charge is 0.393 e. The first-order valence-electron chi connectivity index (χ1n) is 6.31. The molecule has 0 unspecified atom stereocenters. The SMILES string of the molecule is C[C@H](O)C[C@H]1[C@@H](CC2(C)OCCO2)C1(C)C. The molecule has 1 saturated carbocycles. The van der Waals surface area contributed by atoms with Gasteiger partial charge in [-0.2, -0.15) is 0 Å². The second-order valence-electron chi connectivity index (χ2n) is 6.15. The Balaban J connectivity index is 1.91. The molecule has 0 aromatic carbocycles. The molecule has 0 bridgehead atoms. The van der Waals surface area contributed by atoms with E-state index in [9.17, 15) is 5.11 Å². The highest BCUT2D eigenvalue weighted by Gasteiger charge is 2.59. The zero-order valence-electron chi connectivity index (χ0n) is 10.8. The third-order valence-corrected chi connectivity index (χ3v) is 4.37. The van der Waals surface area contributed by atoms with Crippen LogP contribution in [0.5, 0.6) is 0 Å². The Kier molecular flexibility index (Phi) is 3.06. The van der Waals surface area contributed by atoms with Crippen LogP contribution in [0.4, 0.5) is 0 Å². The second-order valence-corrected chi connectivity index (χ2v) is 6.15. The summed E-state index contributed by atoms with van der Waals surface area (Å²) >= 11 is 0. The highest BCUT2D eigenvalue weighted by molar-refractivity contribution is 5.06. The van der Waals surface area contributed by atoms with Crippen LogP contribution in [0, 0.1) is 17.3 Å². The lowest BCUT2D eigenvalue weighted by Gasteiger charge is -2.23. The van der Waals surface area contributed by atoms with Crippen LogP contribution in [-0.2, 0) is 9.47 Å². The van der Waals surface area contributed by atoms with E-state index in [1.54, 1.807) is 0 Å². The molecule has 1 heterocycles. The van der Waals surface area contributed by atoms with Crippen LogP contribution in [0.2, 0.25) is 0 Å². The van der Waals surface area contributed by atoms with Gasteiger partial charge in [0.15, 0.2) is 5.79 Å². The average molecular weight is 228 g/mol. The molecule has 1 N–H and O–H groups in total. The summed E-state index contributed by atoms with van der Waals surface area (Å²) in [5.74, 6) is 0.845. The Hall–Kier alpha value is -0.120. The van der Waals surface area contributed by atoms with Gasteiger partial charge in [-0.1, -0.05) is 13.8 Å².